The molecule has 5 heteroatoms. The Labute approximate surface area is 388 Å². The number of amidine groups is 2. The molecule has 4 aromatic rings. The van der Waals surface area contributed by atoms with E-state index in [-0.39, 0.29) is 12.1 Å². The third-order valence-corrected chi connectivity index (χ3v) is 16.2. The van der Waals surface area contributed by atoms with Crippen LogP contribution in [-0.4, -0.2) is 23.9 Å². The highest BCUT2D eigenvalue weighted by atomic mass is 15.2. The molecule has 0 fully saturated rings. The van der Waals surface area contributed by atoms with Crippen LogP contribution in [0, 0.1) is 17.8 Å². The van der Waals surface area contributed by atoms with Gasteiger partial charge in [-0.05, 0) is 144 Å². The van der Waals surface area contributed by atoms with Crippen LogP contribution in [0.15, 0.2) is 230 Å². The maximum atomic E-state index is 5.46. The monoisotopic (exact) mass is 855 g/mol. The van der Waals surface area contributed by atoms with Crippen molar-refractivity contribution >= 4 is 33.8 Å². The number of aliphatic imine (C=N–C) groups is 2. The second-order valence-electron chi connectivity index (χ2n) is 19.7. The summed E-state index contributed by atoms with van der Waals surface area (Å²) >= 11 is 0. The largest absolute Gasteiger partial charge is 0.347 e. The summed E-state index contributed by atoms with van der Waals surface area (Å²) in [5.41, 5.74) is 19.7. The second-order valence-corrected chi connectivity index (χ2v) is 19.7. The van der Waals surface area contributed by atoms with Crippen LogP contribution in [0.4, 0.5) is 11.4 Å². The van der Waals surface area contributed by atoms with Gasteiger partial charge in [-0.1, -0.05) is 140 Å². The molecule has 0 amide bonds. The van der Waals surface area contributed by atoms with Crippen molar-refractivity contribution < 1.29 is 0 Å². The van der Waals surface area contributed by atoms with Gasteiger partial charge >= 0.3 is 0 Å². The van der Waals surface area contributed by atoms with Crippen LogP contribution >= 0.6 is 0 Å². The van der Waals surface area contributed by atoms with E-state index in [9.17, 15) is 0 Å². The maximum absolute atomic E-state index is 5.46. The number of fused-ring (bicyclic) bond motifs is 8. The highest BCUT2D eigenvalue weighted by molar-refractivity contribution is 6.17. The Morgan fingerprint density at radius 1 is 0.727 bits per heavy atom. The van der Waals surface area contributed by atoms with Gasteiger partial charge in [0.25, 0.3) is 0 Å². The summed E-state index contributed by atoms with van der Waals surface area (Å²) in [6.45, 7) is 0. The average Bonchev–Trinajstić information content (AvgIpc) is 3.89. The van der Waals surface area contributed by atoms with E-state index in [4.69, 9.17) is 9.98 Å². The van der Waals surface area contributed by atoms with E-state index in [2.05, 4.69) is 185 Å². The second kappa shape index (κ2) is 15.3. The fourth-order valence-corrected chi connectivity index (χ4v) is 13.2. The third-order valence-electron chi connectivity index (χ3n) is 16.2. The molecule has 3 aliphatic heterocycles. The number of nitrogens with one attached hydrogen (secondary N) is 1. The van der Waals surface area contributed by atoms with Crippen LogP contribution in [0.5, 0.6) is 0 Å². The lowest BCUT2D eigenvalue weighted by atomic mass is 9.71. The Morgan fingerprint density at radius 2 is 1.61 bits per heavy atom. The normalized spacial score (nSPS) is 27.8. The van der Waals surface area contributed by atoms with Crippen molar-refractivity contribution in [1.82, 2.24) is 5.32 Å². The van der Waals surface area contributed by atoms with E-state index in [1.165, 1.54) is 67.1 Å². The molecule has 322 valence electrons. The molecule has 0 spiro atoms. The first-order valence-corrected chi connectivity index (χ1v) is 24.6. The molecule has 7 aliphatic carbocycles. The zero-order valence-corrected chi connectivity index (χ0v) is 37.3. The van der Waals surface area contributed by atoms with Gasteiger partial charge in [0.05, 0.1) is 6.04 Å². The third kappa shape index (κ3) is 6.05. The fraction of sp³-hybridized carbons (Fsp3) is 0.246. The number of allylic oxidation sites excluding steroid dienone is 18. The molecule has 6 atom stereocenters. The smallest absolute Gasteiger partial charge is 0.159 e. The first kappa shape index (κ1) is 38.3. The summed E-state index contributed by atoms with van der Waals surface area (Å²) in [4.78, 5) is 16.1. The van der Waals surface area contributed by atoms with Gasteiger partial charge in [0.1, 0.15) is 12.0 Å². The van der Waals surface area contributed by atoms with Crippen LogP contribution < -0.4 is 15.1 Å². The van der Waals surface area contributed by atoms with Gasteiger partial charge in [0, 0.05) is 57.3 Å². The van der Waals surface area contributed by atoms with Crippen LogP contribution in [0.2, 0.25) is 0 Å². The van der Waals surface area contributed by atoms with Crippen LogP contribution in [0.25, 0.3) is 10.8 Å². The van der Waals surface area contributed by atoms with Crippen LogP contribution in [0.1, 0.15) is 80.4 Å². The van der Waals surface area contributed by atoms with Crippen molar-refractivity contribution in [3.8, 4) is 0 Å². The van der Waals surface area contributed by atoms with Crippen molar-refractivity contribution in [2.24, 2.45) is 27.7 Å². The van der Waals surface area contributed by atoms with E-state index in [1.54, 1.807) is 11.1 Å². The van der Waals surface area contributed by atoms with Crippen LogP contribution in [0.3, 0.4) is 0 Å². The number of hydrogen-bond donors (Lipinski definition) is 1. The molecular formula is C61H53N5. The summed E-state index contributed by atoms with van der Waals surface area (Å²) < 4.78 is 0. The first-order valence-electron chi connectivity index (χ1n) is 24.6. The summed E-state index contributed by atoms with van der Waals surface area (Å²) in [6, 6.07) is 33.9. The molecule has 0 bridgehead atoms. The van der Waals surface area contributed by atoms with Gasteiger partial charge in [0.2, 0.25) is 0 Å². The highest BCUT2D eigenvalue weighted by Gasteiger charge is 2.45. The lowest BCUT2D eigenvalue weighted by molar-refractivity contribution is 0.445. The minimum atomic E-state index is -0.146. The molecule has 0 radical (unpaired) electrons. The Balaban J connectivity index is 0.853. The standard InChI is InChI=1S/C61H53N5/c1-2-15-38(16-3-1)59-62-60(64-61(63-59)54-35-42-19-6-7-21-45(42)47-22-8-9-23-48(47)54)51-26-14-20-41-33-43(29-31-46(41)51)66-57-32-30-44(37-53(57)52-34-39-17-4-5-18-40(39)36-58(52)66)65-55-27-12-10-24-49(55)50-25-11-13-28-56(50)65/h1-6,9-16,18-20,23-29,31,33,36-37,39,49,52,54-55,61H,7-8,17,21-22,30,32,34-35H2,(H,62,63,64). The van der Waals surface area contributed by atoms with Crippen molar-refractivity contribution in [2.75, 3.05) is 9.80 Å². The minimum Gasteiger partial charge on any atom is -0.347 e. The van der Waals surface area contributed by atoms with Gasteiger partial charge in [-0.15, -0.1) is 0 Å². The van der Waals surface area contributed by atoms with E-state index in [0.717, 1.165) is 80.6 Å². The fourth-order valence-electron chi connectivity index (χ4n) is 13.2. The van der Waals surface area contributed by atoms with Crippen molar-refractivity contribution in [3.63, 3.8) is 0 Å². The van der Waals surface area contributed by atoms with Gasteiger partial charge in [0.15, 0.2) is 5.84 Å². The summed E-state index contributed by atoms with van der Waals surface area (Å²) in [5.74, 6) is 3.22. The minimum absolute atomic E-state index is 0.146. The van der Waals surface area contributed by atoms with E-state index in [0.29, 0.717) is 23.8 Å². The molecule has 5 nitrogen and oxygen atoms in total. The lowest BCUT2D eigenvalue weighted by Crippen LogP contribution is -2.45. The van der Waals surface area contributed by atoms with Gasteiger partial charge < -0.3 is 15.1 Å². The van der Waals surface area contributed by atoms with Crippen molar-refractivity contribution in [1.29, 1.82) is 0 Å². The molecule has 14 rings (SSSR count). The number of nitrogens with zero attached hydrogens (tertiary/aromatic N) is 4. The molecule has 0 saturated heterocycles. The Morgan fingerprint density at radius 3 is 2.56 bits per heavy atom. The summed E-state index contributed by atoms with van der Waals surface area (Å²) in [6.07, 6.45) is 40.6. The van der Waals surface area contributed by atoms with E-state index in [1.807, 2.05) is 0 Å². The van der Waals surface area contributed by atoms with Gasteiger partial charge in [-0.3, -0.25) is 0 Å². The van der Waals surface area contributed by atoms with Gasteiger partial charge in [-0.25, -0.2) is 9.98 Å². The SMILES string of the molecule is C1=CCC2CC3C(=CC2=C1)N(c1ccc2c(C4=NC(c5ccccc5)=NC(C5CC6=C(CCC=C6)C6=C5C=CCC6)N4)cccc2c1)C1=C3C=C(N2c3ccccc3C3C=CC=CC32)CC1. The number of rotatable bonds is 5. The summed E-state index contributed by atoms with van der Waals surface area (Å²) in [7, 11) is 0. The predicted octanol–water partition coefficient (Wildman–Crippen LogP) is 13.5. The van der Waals surface area contributed by atoms with Crippen molar-refractivity contribution in [2.45, 2.75) is 75.9 Å². The van der Waals surface area contributed by atoms with E-state index >= 15 is 0 Å². The number of anilines is 2. The maximum Gasteiger partial charge on any atom is 0.159 e. The number of para-hydroxylation sites is 1. The van der Waals surface area contributed by atoms with Crippen molar-refractivity contribution in [3.05, 3.63) is 237 Å². The zero-order chi connectivity index (χ0) is 43.3. The van der Waals surface area contributed by atoms with Gasteiger partial charge in [-0.2, -0.15) is 0 Å². The quantitative estimate of drug-likeness (QED) is 0.217. The first-order chi connectivity index (χ1) is 32.7. The molecule has 6 unspecified atom stereocenters. The molecule has 1 N–H and O–H groups in total. The topological polar surface area (TPSA) is 43.2 Å². The molecule has 3 heterocycles. The molecule has 0 saturated carbocycles. The Kier molecular flexibility index (Phi) is 8.88. The average molecular weight is 856 g/mol. The lowest BCUT2D eigenvalue weighted by Gasteiger charge is -2.38. The molecule has 0 aromatic heterocycles. The number of hydrogen-bond acceptors (Lipinski definition) is 5. The highest BCUT2D eigenvalue weighted by Crippen LogP contribution is 2.55. The Hall–Kier alpha value is -6.98. The van der Waals surface area contributed by atoms with Crippen LogP contribution in [-0.2, 0) is 0 Å². The zero-order valence-electron chi connectivity index (χ0n) is 37.3. The molecular weight excluding hydrogens is 803 g/mol. The van der Waals surface area contributed by atoms with E-state index < -0.39 is 0 Å². The Bertz CT molecular complexity index is 3190. The number of benzene rings is 4. The molecule has 4 aromatic carbocycles. The molecule has 66 heavy (non-hydrogen) atoms. The summed E-state index contributed by atoms with van der Waals surface area (Å²) in [5, 5.41) is 6.39. The predicted molar refractivity (Wildman–Crippen MR) is 271 cm³/mol. The molecule has 10 aliphatic rings.